The third-order valence-electron chi connectivity index (χ3n) is 3.49. The Kier molecular flexibility index (Phi) is 2.69. The molecule has 1 aromatic rings. The molecule has 17 heavy (non-hydrogen) atoms. The second-order valence-electron chi connectivity index (χ2n) is 4.95. The molecule has 3 nitrogen and oxygen atoms in total. The van der Waals surface area contributed by atoms with E-state index in [-0.39, 0.29) is 5.75 Å². The van der Waals surface area contributed by atoms with E-state index >= 15 is 0 Å². The highest BCUT2D eigenvalue weighted by Gasteiger charge is 2.33. The van der Waals surface area contributed by atoms with Crippen LogP contribution in [0.1, 0.15) is 31.4 Å². The topological polar surface area (TPSA) is 57.5 Å². The van der Waals surface area contributed by atoms with Crippen molar-refractivity contribution < 1.29 is 15.0 Å². The number of phenolic OH excluding ortho intramolecular Hbond substituents is 1. The van der Waals surface area contributed by atoms with E-state index in [0.717, 1.165) is 29.5 Å². The Morgan fingerprint density at radius 3 is 2.65 bits per heavy atom. The van der Waals surface area contributed by atoms with Crippen LogP contribution in [-0.4, -0.2) is 16.2 Å². The number of rotatable bonds is 2. The van der Waals surface area contributed by atoms with E-state index in [9.17, 15) is 15.0 Å². The first kappa shape index (κ1) is 11.7. The van der Waals surface area contributed by atoms with Crippen molar-refractivity contribution in [1.29, 1.82) is 0 Å². The zero-order valence-electron chi connectivity index (χ0n) is 10.0. The zero-order chi connectivity index (χ0) is 12.6. The highest BCUT2D eigenvalue weighted by atomic mass is 16.4. The summed E-state index contributed by atoms with van der Waals surface area (Å²) in [5.41, 5.74) is 1.83. The van der Waals surface area contributed by atoms with Crippen molar-refractivity contribution in [3.8, 4) is 5.75 Å². The fourth-order valence-electron chi connectivity index (χ4n) is 2.13. The molecule has 90 valence electrons. The lowest BCUT2D eigenvalue weighted by molar-refractivity contribution is -0.144. The van der Waals surface area contributed by atoms with Crippen LogP contribution in [0.3, 0.4) is 0 Å². The predicted molar refractivity (Wildman–Crippen MR) is 65.8 cm³/mol. The molecule has 0 heterocycles. The van der Waals surface area contributed by atoms with Crippen molar-refractivity contribution in [1.82, 2.24) is 0 Å². The Balaban J connectivity index is 2.49. The lowest BCUT2D eigenvalue weighted by atomic mass is 9.77. The lowest BCUT2D eigenvalue weighted by Crippen LogP contribution is -2.27. The molecule has 0 spiro atoms. The summed E-state index contributed by atoms with van der Waals surface area (Å²) in [5, 5.41) is 19.0. The molecular formula is C14H16O3. The molecule has 2 rings (SSSR count). The minimum Gasteiger partial charge on any atom is -0.507 e. The number of hydrogen-bond donors (Lipinski definition) is 2. The number of carbonyl (C=O) groups is 1. The average Bonchev–Trinajstić information content (AvgIpc) is 2.29. The Labute approximate surface area is 100 Å². The molecule has 1 aliphatic carbocycles. The van der Waals surface area contributed by atoms with Crippen LogP contribution >= 0.6 is 0 Å². The zero-order valence-corrected chi connectivity index (χ0v) is 10.0. The number of aromatic hydroxyl groups is 1. The van der Waals surface area contributed by atoms with Crippen LogP contribution < -0.4 is 0 Å². The van der Waals surface area contributed by atoms with Gasteiger partial charge in [0, 0.05) is 5.56 Å². The highest BCUT2D eigenvalue weighted by molar-refractivity contribution is 5.81. The molecule has 0 radical (unpaired) electrons. The van der Waals surface area contributed by atoms with Gasteiger partial charge in [0.2, 0.25) is 0 Å². The fraction of sp³-hybridized carbons (Fsp3) is 0.357. The number of benzene rings is 1. The quantitative estimate of drug-likeness (QED) is 0.824. The SMILES string of the molecule is CC(C)(C(=O)O)C1=Cc2c(O)cccc2CC1. The van der Waals surface area contributed by atoms with Gasteiger partial charge in [0.1, 0.15) is 5.75 Å². The first-order valence-electron chi connectivity index (χ1n) is 5.68. The van der Waals surface area contributed by atoms with E-state index in [2.05, 4.69) is 0 Å². The maximum absolute atomic E-state index is 11.2. The maximum atomic E-state index is 11.2. The van der Waals surface area contributed by atoms with Gasteiger partial charge in [0.05, 0.1) is 5.41 Å². The molecule has 0 bridgehead atoms. The van der Waals surface area contributed by atoms with Gasteiger partial charge in [-0.15, -0.1) is 0 Å². The van der Waals surface area contributed by atoms with Gasteiger partial charge in [-0.2, -0.15) is 0 Å². The van der Waals surface area contributed by atoms with Crippen molar-refractivity contribution in [2.45, 2.75) is 26.7 Å². The number of aliphatic carboxylic acids is 1. The molecule has 0 aromatic heterocycles. The van der Waals surface area contributed by atoms with Gasteiger partial charge in [-0.3, -0.25) is 4.79 Å². The van der Waals surface area contributed by atoms with Gasteiger partial charge in [0.15, 0.2) is 0 Å². The van der Waals surface area contributed by atoms with Crippen LogP contribution in [0.2, 0.25) is 0 Å². The van der Waals surface area contributed by atoms with E-state index in [4.69, 9.17) is 0 Å². The van der Waals surface area contributed by atoms with Crippen molar-refractivity contribution in [2.24, 2.45) is 5.41 Å². The Morgan fingerprint density at radius 2 is 2.00 bits per heavy atom. The van der Waals surface area contributed by atoms with Gasteiger partial charge < -0.3 is 10.2 Å². The molecule has 0 saturated carbocycles. The van der Waals surface area contributed by atoms with Gasteiger partial charge in [-0.05, 0) is 38.3 Å². The molecule has 3 heteroatoms. The fourth-order valence-corrected chi connectivity index (χ4v) is 2.13. The van der Waals surface area contributed by atoms with Crippen molar-refractivity contribution >= 4 is 12.0 Å². The summed E-state index contributed by atoms with van der Waals surface area (Å²) in [6.07, 6.45) is 3.34. The number of carboxylic acid groups (broad SMARTS) is 1. The van der Waals surface area contributed by atoms with E-state index in [0.29, 0.717) is 0 Å². The molecule has 0 saturated heterocycles. The van der Waals surface area contributed by atoms with E-state index in [1.54, 1.807) is 19.9 Å². The van der Waals surface area contributed by atoms with Gasteiger partial charge in [-0.25, -0.2) is 0 Å². The molecule has 2 N–H and O–H groups in total. The summed E-state index contributed by atoms with van der Waals surface area (Å²) < 4.78 is 0. The van der Waals surface area contributed by atoms with Crippen molar-refractivity contribution in [3.63, 3.8) is 0 Å². The van der Waals surface area contributed by atoms with Crippen molar-refractivity contribution in [2.75, 3.05) is 0 Å². The molecule has 0 fully saturated rings. The summed E-state index contributed by atoms with van der Waals surface area (Å²) >= 11 is 0. The second kappa shape index (κ2) is 3.91. The van der Waals surface area contributed by atoms with Crippen LogP contribution in [0, 0.1) is 5.41 Å². The first-order valence-corrected chi connectivity index (χ1v) is 5.68. The molecule has 0 aliphatic heterocycles. The number of aryl methyl sites for hydroxylation is 1. The molecule has 0 amide bonds. The minimum atomic E-state index is -0.875. The second-order valence-corrected chi connectivity index (χ2v) is 4.95. The predicted octanol–water partition coefficient (Wildman–Crippen LogP) is 2.83. The summed E-state index contributed by atoms with van der Waals surface area (Å²) in [4.78, 5) is 11.2. The molecular weight excluding hydrogens is 216 g/mol. The Hall–Kier alpha value is -1.77. The molecule has 1 aromatic carbocycles. The average molecular weight is 232 g/mol. The number of hydrogen-bond acceptors (Lipinski definition) is 2. The largest absolute Gasteiger partial charge is 0.507 e. The van der Waals surface area contributed by atoms with Crippen LogP contribution in [0.4, 0.5) is 0 Å². The molecule has 0 atom stereocenters. The summed E-state index contributed by atoms with van der Waals surface area (Å²) in [7, 11) is 0. The van der Waals surface area contributed by atoms with Crippen molar-refractivity contribution in [3.05, 3.63) is 34.9 Å². The van der Waals surface area contributed by atoms with E-state index < -0.39 is 11.4 Å². The number of phenols is 1. The minimum absolute atomic E-state index is 0.223. The maximum Gasteiger partial charge on any atom is 0.313 e. The highest BCUT2D eigenvalue weighted by Crippen LogP contribution is 2.38. The van der Waals surface area contributed by atoms with Crippen LogP contribution in [0.15, 0.2) is 23.8 Å². The monoisotopic (exact) mass is 232 g/mol. The normalized spacial score (nSPS) is 15.1. The smallest absolute Gasteiger partial charge is 0.313 e. The standard InChI is InChI=1S/C14H16O3/c1-14(2,13(16)17)10-7-6-9-4-3-5-12(15)11(9)8-10/h3-5,8,15H,6-7H2,1-2H3,(H,16,17). The summed E-state index contributed by atoms with van der Waals surface area (Å²) in [6, 6.07) is 5.41. The molecule has 0 unspecified atom stereocenters. The van der Waals surface area contributed by atoms with Gasteiger partial charge in [-0.1, -0.05) is 23.8 Å². The van der Waals surface area contributed by atoms with E-state index in [1.807, 2.05) is 18.2 Å². The Morgan fingerprint density at radius 1 is 1.29 bits per heavy atom. The third kappa shape index (κ3) is 1.93. The van der Waals surface area contributed by atoms with Gasteiger partial charge in [0.25, 0.3) is 0 Å². The third-order valence-corrected chi connectivity index (χ3v) is 3.49. The lowest BCUT2D eigenvalue weighted by Gasteiger charge is -2.27. The first-order chi connectivity index (χ1) is 7.93. The van der Waals surface area contributed by atoms with Crippen LogP contribution in [0.25, 0.3) is 6.08 Å². The Bertz CT molecular complexity index is 498. The van der Waals surface area contributed by atoms with Crippen LogP contribution in [-0.2, 0) is 11.2 Å². The van der Waals surface area contributed by atoms with Gasteiger partial charge >= 0.3 is 5.97 Å². The van der Waals surface area contributed by atoms with Crippen LogP contribution in [0.5, 0.6) is 5.75 Å². The molecule has 1 aliphatic rings. The summed E-state index contributed by atoms with van der Waals surface area (Å²) in [6.45, 7) is 3.40. The summed E-state index contributed by atoms with van der Waals surface area (Å²) in [5.74, 6) is -0.608. The van der Waals surface area contributed by atoms with E-state index in [1.165, 1.54) is 0 Å². The number of carboxylic acids is 1. The number of fused-ring (bicyclic) bond motifs is 1.